The Morgan fingerprint density at radius 3 is 2.68 bits per heavy atom. The van der Waals surface area contributed by atoms with Gasteiger partial charge >= 0.3 is 0 Å². The van der Waals surface area contributed by atoms with E-state index in [2.05, 4.69) is 27.2 Å². The number of benzene rings is 2. The zero-order valence-corrected chi connectivity index (χ0v) is 18.0. The van der Waals surface area contributed by atoms with Crippen molar-refractivity contribution in [2.45, 2.75) is 18.7 Å². The van der Waals surface area contributed by atoms with Crippen LogP contribution < -0.4 is 14.4 Å². The Kier molecular flexibility index (Phi) is 5.54. The van der Waals surface area contributed by atoms with Gasteiger partial charge in [0.05, 0.1) is 16.8 Å². The van der Waals surface area contributed by atoms with Crippen LogP contribution in [0.3, 0.4) is 0 Å². The molecule has 28 heavy (non-hydrogen) atoms. The third kappa shape index (κ3) is 3.93. The van der Waals surface area contributed by atoms with Gasteiger partial charge < -0.3 is 9.64 Å². The summed E-state index contributed by atoms with van der Waals surface area (Å²) >= 11 is 3.26. The van der Waals surface area contributed by atoms with E-state index < -0.39 is 15.4 Å². The molecule has 1 aliphatic rings. The number of nitrogens with one attached hydrogen (secondary N) is 1. The van der Waals surface area contributed by atoms with Gasteiger partial charge in [-0.25, -0.2) is 8.42 Å². The first kappa shape index (κ1) is 20.4. The van der Waals surface area contributed by atoms with Crippen molar-refractivity contribution >= 4 is 43.2 Å². The lowest BCUT2D eigenvalue weighted by atomic mass is 9.93. The predicted octanol–water partition coefficient (Wildman–Crippen LogP) is 4.19. The van der Waals surface area contributed by atoms with Gasteiger partial charge in [-0.1, -0.05) is 18.2 Å². The van der Waals surface area contributed by atoms with Crippen LogP contribution in [-0.4, -0.2) is 27.5 Å². The summed E-state index contributed by atoms with van der Waals surface area (Å²) in [6.45, 7) is 7.87. The van der Waals surface area contributed by atoms with Crippen molar-refractivity contribution in [3.05, 3.63) is 59.6 Å². The molecule has 1 aliphatic heterocycles. The van der Waals surface area contributed by atoms with E-state index in [0.29, 0.717) is 28.1 Å². The van der Waals surface area contributed by atoms with Crippen molar-refractivity contribution in [1.82, 2.24) is 0 Å². The van der Waals surface area contributed by atoms with Gasteiger partial charge in [0.2, 0.25) is 5.91 Å². The molecule has 8 heteroatoms. The summed E-state index contributed by atoms with van der Waals surface area (Å²) in [6, 6.07) is 11.4. The standard InChI is InChI=1S/C20H21BrN2O4S/c1-4-11-23-16-12-14(9-10-17(16)27-13-20(2,3)19(23)24)22-28(25,26)18-8-6-5-7-15(18)21/h4-10,12,22H,1,11,13H2,2-3H3. The number of ether oxygens (including phenoxy) is 1. The van der Waals surface area contributed by atoms with E-state index in [1.165, 1.54) is 6.07 Å². The summed E-state index contributed by atoms with van der Waals surface area (Å²) in [5.74, 6) is 0.404. The molecule has 2 aromatic rings. The molecular formula is C20H21BrN2O4S. The highest BCUT2D eigenvalue weighted by Crippen LogP contribution is 2.38. The molecule has 0 spiro atoms. The fourth-order valence-corrected chi connectivity index (χ4v) is 4.95. The van der Waals surface area contributed by atoms with E-state index in [-0.39, 0.29) is 17.4 Å². The molecule has 6 nitrogen and oxygen atoms in total. The Morgan fingerprint density at radius 2 is 2.00 bits per heavy atom. The number of hydrogen-bond acceptors (Lipinski definition) is 4. The summed E-state index contributed by atoms with van der Waals surface area (Å²) in [6.07, 6.45) is 1.63. The van der Waals surface area contributed by atoms with Crippen molar-refractivity contribution in [2.75, 3.05) is 22.8 Å². The zero-order valence-electron chi connectivity index (χ0n) is 15.6. The largest absolute Gasteiger partial charge is 0.490 e. The van der Waals surface area contributed by atoms with Gasteiger partial charge in [-0.2, -0.15) is 0 Å². The normalized spacial score (nSPS) is 16.0. The average Bonchev–Trinajstić information content (AvgIpc) is 2.72. The number of halogens is 1. The Hall–Kier alpha value is -2.32. The van der Waals surface area contributed by atoms with Crippen molar-refractivity contribution in [3.8, 4) is 5.75 Å². The van der Waals surface area contributed by atoms with Gasteiger partial charge in [0.1, 0.15) is 17.3 Å². The minimum absolute atomic E-state index is 0.114. The molecule has 0 bridgehead atoms. The molecule has 0 aliphatic carbocycles. The smallest absolute Gasteiger partial charge is 0.263 e. The van der Waals surface area contributed by atoms with Crippen LogP contribution >= 0.6 is 15.9 Å². The maximum Gasteiger partial charge on any atom is 0.263 e. The third-order valence-electron chi connectivity index (χ3n) is 4.35. The third-order valence-corrected chi connectivity index (χ3v) is 6.75. The second-order valence-electron chi connectivity index (χ2n) is 7.10. The number of rotatable bonds is 5. The van der Waals surface area contributed by atoms with E-state index in [1.807, 2.05) is 13.8 Å². The minimum atomic E-state index is -3.81. The summed E-state index contributed by atoms with van der Waals surface area (Å²) < 4.78 is 34.4. The van der Waals surface area contributed by atoms with Crippen molar-refractivity contribution in [2.24, 2.45) is 5.41 Å². The Bertz CT molecular complexity index is 1030. The average molecular weight is 465 g/mol. The number of carbonyl (C=O) groups is 1. The molecule has 2 aromatic carbocycles. The minimum Gasteiger partial charge on any atom is -0.490 e. The second-order valence-corrected chi connectivity index (χ2v) is 9.60. The first-order chi connectivity index (χ1) is 13.2. The maximum absolute atomic E-state index is 12.9. The molecule has 0 saturated carbocycles. The number of carbonyl (C=O) groups excluding carboxylic acids is 1. The predicted molar refractivity (Wildman–Crippen MR) is 113 cm³/mol. The molecule has 0 unspecified atom stereocenters. The van der Waals surface area contributed by atoms with E-state index in [1.54, 1.807) is 47.4 Å². The highest BCUT2D eigenvalue weighted by molar-refractivity contribution is 9.10. The molecular weight excluding hydrogens is 444 g/mol. The summed E-state index contributed by atoms with van der Waals surface area (Å²) in [5, 5.41) is 0. The van der Waals surface area contributed by atoms with Gasteiger partial charge in [0, 0.05) is 11.0 Å². The quantitative estimate of drug-likeness (QED) is 0.673. The lowest BCUT2D eigenvalue weighted by molar-refractivity contribution is -0.127. The van der Waals surface area contributed by atoms with Gasteiger partial charge in [-0.15, -0.1) is 6.58 Å². The molecule has 0 fully saturated rings. The second kappa shape index (κ2) is 7.60. The van der Waals surface area contributed by atoms with E-state index >= 15 is 0 Å². The lowest BCUT2D eigenvalue weighted by Crippen LogP contribution is -2.42. The molecule has 1 heterocycles. The van der Waals surface area contributed by atoms with Crippen LogP contribution in [0.15, 0.2) is 64.5 Å². The Morgan fingerprint density at radius 1 is 1.29 bits per heavy atom. The highest BCUT2D eigenvalue weighted by Gasteiger charge is 2.37. The van der Waals surface area contributed by atoms with Gasteiger partial charge in [-0.05, 0) is 60.1 Å². The van der Waals surface area contributed by atoms with Crippen molar-refractivity contribution in [3.63, 3.8) is 0 Å². The van der Waals surface area contributed by atoms with E-state index in [9.17, 15) is 13.2 Å². The SMILES string of the molecule is C=CCN1C(=O)C(C)(C)COc2ccc(NS(=O)(=O)c3ccccc3Br)cc21. The topological polar surface area (TPSA) is 75.7 Å². The number of hydrogen-bond donors (Lipinski definition) is 1. The summed E-state index contributed by atoms with van der Waals surface area (Å²) in [4.78, 5) is 14.6. The zero-order chi connectivity index (χ0) is 20.5. The van der Waals surface area contributed by atoms with Crippen molar-refractivity contribution in [1.29, 1.82) is 0 Å². The summed E-state index contributed by atoms with van der Waals surface area (Å²) in [7, 11) is -3.81. The monoisotopic (exact) mass is 464 g/mol. The number of nitrogens with zero attached hydrogens (tertiary/aromatic N) is 1. The fraction of sp³-hybridized carbons (Fsp3) is 0.250. The first-order valence-electron chi connectivity index (χ1n) is 8.63. The Labute approximate surface area is 173 Å². The van der Waals surface area contributed by atoms with E-state index in [4.69, 9.17) is 4.74 Å². The highest BCUT2D eigenvalue weighted by atomic mass is 79.9. The van der Waals surface area contributed by atoms with Crippen LogP contribution in [0.5, 0.6) is 5.75 Å². The molecule has 0 atom stereocenters. The fourth-order valence-electron chi connectivity index (χ4n) is 2.89. The lowest BCUT2D eigenvalue weighted by Gasteiger charge is -2.27. The van der Waals surface area contributed by atoms with Gasteiger partial charge in [-0.3, -0.25) is 9.52 Å². The maximum atomic E-state index is 12.9. The van der Waals surface area contributed by atoms with Crippen LogP contribution in [0.4, 0.5) is 11.4 Å². The first-order valence-corrected chi connectivity index (χ1v) is 10.9. The van der Waals surface area contributed by atoms with Gasteiger partial charge in [0.15, 0.2) is 0 Å². The molecule has 1 N–H and O–H groups in total. The van der Waals surface area contributed by atoms with Crippen molar-refractivity contribution < 1.29 is 17.9 Å². The molecule has 0 saturated heterocycles. The number of sulfonamides is 1. The van der Waals surface area contributed by atoms with Crippen LogP contribution in [0, 0.1) is 5.41 Å². The molecule has 0 radical (unpaired) electrons. The van der Waals surface area contributed by atoms with Crippen LogP contribution in [-0.2, 0) is 14.8 Å². The molecule has 148 valence electrons. The Balaban J connectivity index is 2.01. The number of anilines is 2. The van der Waals surface area contributed by atoms with Crippen LogP contribution in [0.1, 0.15) is 13.8 Å². The van der Waals surface area contributed by atoms with Crippen LogP contribution in [0.2, 0.25) is 0 Å². The molecule has 3 rings (SSSR count). The summed E-state index contributed by atoms with van der Waals surface area (Å²) in [5.41, 5.74) is 0.124. The van der Waals surface area contributed by atoms with Crippen LogP contribution in [0.25, 0.3) is 0 Å². The molecule has 0 aromatic heterocycles. The number of amides is 1. The number of fused-ring (bicyclic) bond motifs is 1. The van der Waals surface area contributed by atoms with Gasteiger partial charge in [0.25, 0.3) is 10.0 Å². The van der Waals surface area contributed by atoms with E-state index in [0.717, 1.165) is 0 Å². The molecule has 1 amide bonds.